The average molecular weight is 492 g/mol. The standard InChI is InChI=1S/C25H25N5O2S2/c1-13-5-4-6-16(7-13)22-21(28-15(3)34-22)24(32)29-12-17-8-18(17)19(29)9-26-23(31)20-10-27-25-30(20)11-14(2)33-25/h4-7,10-11,17-19H,8-9,12H2,1-3H3,(H,26,31)/t17-,18-,19-/m1/s1. The van der Waals surface area contributed by atoms with Crippen molar-refractivity contribution in [3.8, 4) is 10.4 Å². The number of benzene rings is 1. The quantitative estimate of drug-likeness (QED) is 0.451. The zero-order valence-electron chi connectivity index (χ0n) is 19.2. The maximum absolute atomic E-state index is 13.7. The van der Waals surface area contributed by atoms with E-state index in [9.17, 15) is 9.59 Å². The summed E-state index contributed by atoms with van der Waals surface area (Å²) in [6.45, 7) is 7.16. The Kier molecular flexibility index (Phi) is 5.07. The van der Waals surface area contributed by atoms with Crippen molar-refractivity contribution in [2.24, 2.45) is 11.8 Å². The molecule has 6 rings (SSSR count). The third-order valence-corrected chi connectivity index (χ3v) is 8.74. The Bertz CT molecular complexity index is 1430. The molecule has 3 atom stereocenters. The molecule has 4 heterocycles. The highest BCUT2D eigenvalue weighted by atomic mass is 32.1. The number of aryl methyl sites for hydroxylation is 3. The molecule has 1 aromatic carbocycles. The van der Waals surface area contributed by atoms with Gasteiger partial charge in [-0.25, -0.2) is 9.97 Å². The summed E-state index contributed by atoms with van der Waals surface area (Å²) in [6, 6.07) is 8.19. The summed E-state index contributed by atoms with van der Waals surface area (Å²) >= 11 is 3.12. The van der Waals surface area contributed by atoms with Crippen molar-refractivity contribution in [3.63, 3.8) is 0 Å². The highest BCUT2D eigenvalue weighted by Gasteiger charge is 2.54. The number of thiazole rings is 2. The Morgan fingerprint density at radius 3 is 2.88 bits per heavy atom. The summed E-state index contributed by atoms with van der Waals surface area (Å²) in [5.41, 5.74) is 3.23. The number of carbonyl (C=O) groups is 2. The fraction of sp³-hybridized carbons (Fsp3) is 0.360. The number of hydrogen-bond acceptors (Lipinski definition) is 6. The summed E-state index contributed by atoms with van der Waals surface area (Å²) in [7, 11) is 0. The smallest absolute Gasteiger partial charge is 0.274 e. The van der Waals surface area contributed by atoms with E-state index in [4.69, 9.17) is 0 Å². The van der Waals surface area contributed by atoms with Crippen LogP contribution in [0, 0.1) is 32.6 Å². The summed E-state index contributed by atoms with van der Waals surface area (Å²) in [5.74, 6) is 0.772. The topological polar surface area (TPSA) is 79.6 Å². The molecule has 2 aliphatic rings. The molecule has 1 aliphatic heterocycles. The van der Waals surface area contributed by atoms with Gasteiger partial charge in [-0.2, -0.15) is 0 Å². The van der Waals surface area contributed by atoms with Gasteiger partial charge in [0.2, 0.25) is 0 Å². The van der Waals surface area contributed by atoms with E-state index in [0.717, 1.165) is 43.8 Å². The lowest BCUT2D eigenvalue weighted by atomic mass is 10.1. The lowest BCUT2D eigenvalue weighted by Crippen LogP contribution is -2.46. The lowest BCUT2D eigenvalue weighted by Gasteiger charge is -2.27. The summed E-state index contributed by atoms with van der Waals surface area (Å²) in [4.78, 5) is 40.4. The number of amides is 2. The van der Waals surface area contributed by atoms with E-state index in [0.29, 0.717) is 29.8 Å². The van der Waals surface area contributed by atoms with Crippen LogP contribution in [0.25, 0.3) is 15.4 Å². The lowest BCUT2D eigenvalue weighted by molar-refractivity contribution is 0.0690. The zero-order chi connectivity index (χ0) is 23.6. The highest BCUT2D eigenvalue weighted by molar-refractivity contribution is 7.17. The minimum Gasteiger partial charge on any atom is -0.349 e. The molecular weight excluding hydrogens is 466 g/mol. The molecule has 1 N–H and O–H groups in total. The van der Waals surface area contributed by atoms with Crippen LogP contribution < -0.4 is 5.32 Å². The van der Waals surface area contributed by atoms with E-state index in [-0.39, 0.29) is 17.9 Å². The molecule has 1 aliphatic carbocycles. The fourth-order valence-electron chi connectivity index (χ4n) is 5.11. The van der Waals surface area contributed by atoms with Crippen LogP contribution in [0.4, 0.5) is 0 Å². The van der Waals surface area contributed by atoms with Gasteiger partial charge in [0.05, 0.1) is 22.1 Å². The van der Waals surface area contributed by atoms with Crippen LogP contribution in [0.5, 0.6) is 0 Å². The van der Waals surface area contributed by atoms with Crippen LogP contribution in [-0.4, -0.2) is 50.2 Å². The first kappa shape index (κ1) is 21.5. The molecule has 0 unspecified atom stereocenters. The van der Waals surface area contributed by atoms with Crippen molar-refractivity contribution in [3.05, 3.63) is 63.5 Å². The largest absolute Gasteiger partial charge is 0.349 e. The second-order valence-electron chi connectivity index (χ2n) is 9.31. The second kappa shape index (κ2) is 8.02. The number of carbonyl (C=O) groups excluding carboxylic acids is 2. The zero-order valence-corrected chi connectivity index (χ0v) is 20.9. The molecule has 4 aromatic rings. The molecule has 34 heavy (non-hydrogen) atoms. The molecule has 0 radical (unpaired) electrons. The van der Waals surface area contributed by atoms with E-state index in [2.05, 4.69) is 34.3 Å². The van der Waals surface area contributed by atoms with Crippen LogP contribution in [-0.2, 0) is 0 Å². The van der Waals surface area contributed by atoms with Gasteiger partial charge >= 0.3 is 0 Å². The third-order valence-electron chi connectivity index (χ3n) is 6.81. The summed E-state index contributed by atoms with van der Waals surface area (Å²) < 4.78 is 1.83. The van der Waals surface area contributed by atoms with E-state index in [1.165, 1.54) is 0 Å². The van der Waals surface area contributed by atoms with E-state index < -0.39 is 0 Å². The number of rotatable bonds is 5. The minimum absolute atomic E-state index is 0.0126. The van der Waals surface area contributed by atoms with E-state index >= 15 is 0 Å². The maximum Gasteiger partial charge on any atom is 0.274 e. The Morgan fingerprint density at radius 1 is 1.21 bits per heavy atom. The molecule has 3 aromatic heterocycles. The van der Waals surface area contributed by atoms with Gasteiger partial charge < -0.3 is 10.2 Å². The van der Waals surface area contributed by atoms with Gasteiger partial charge in [0, 0.05) is 24.2 Å². The Hall–Kier alpha value is -3.04. The Labute approximate surface area is 205 Å². The first-order chi connectivity index (χ1) is 16.4. The number of fused-ring (bicyclic) bond motifs is 2. The van der Waals surface area contributed by atoms with Gasteiger partial charge in [0.15, 0.2) is 4.96 Å². The molecular formula is C25H25N5O2S2. The molecule has 2 amide bonds. The molecule has 1 saturated carbocycles. The molecule has 1 saturated heterocycles. The highest BCUT2D eigenvalue weighted by Crippen LogP contribution is 2.50. The van der Waals surface area contributed by atoms with E-state index in [1.54, 1.807) is 28.9 Å². The molecule has 0 bridgehead atoms. The Morgan fingerprint density at radius 2 is 2.06 bits per heavy atom. The van der Waals surface area contributed by atoms with Crippen LogP contribution >= 0.6 is 22.7 Å². The van der Waals surface area contributed by atoms with Gasteiger partial charge in [-0.05, 0) is 44.6 Å². The van der Waals surface area contributed by atoms with Crippen molar-refractivity contribution in [2.75, 3.05) is 13.1 Å². The van der Waals surface area contributed by atoms with Gasteiger partial charge in [0.25, 0.3) is 11.8 Å². The van der Waals surface area contributed by atoms with Crippen molar-refractivity contribution < 1.29 is 9.59 Å². The minimum atomic E-state index is -0.160. The molecule has 7 nitrogen and oxygen atoms in total. The molecule has 0 spiro atoms. The van der Waals surface area contributed by atoms with E-state index in [1.807, 2.05) is 41.5 Å². The van der Waals surface area contributed by atoms with Crippen molar-refractivity contribution in [2.45, 2.75) is 33.2 Å². The van der Waals surface area contributed by atoms with Crippen molar-refractivity contribution >= 4 is 39.4 Å². The fourth-order valence-corrected chi connectivity index (χ4v) is 6.82. The monoisotopic (exact) mass is 491 g/mol. The van der Waals surface area contributed by atoms with Gasteiger partial charge in [0.1, 0.15) is 11.4 Å². The average Bonchev–Trinajstić information content (AvgIpc) is 3.13. The molecule has 2 fully saturated rings. The van der Waals surface area contributed by atoms with Crippen molar-refractivity contribution in [1.82, 2.24) is 24.6 Å². The van der Waals surface area contributed by atoms with Gasteiger partial charge in [-0.1, -0.05) is 29.8 Å². The third kappa shape index (κ3) is 3.63. The normalized spacial score (nSPS) is 21.1. The SMILES string of the molecule is Cc1cccc(-c2sc(C)nc2C(=O)N2C[C@H]3C[C@H]3[C@H]2CNC(=O)c2cnc3sc(C)cn23)c1. The first-order valence-electron chi connectivity index (χ1n) is 11.5. The number of piperidine rings is 1. The summed E-state index contributed by atoms with van der Waals surface area (Å²) in [5, 5.41) is 3.95. The van der Waals surface area contributed by atoms with Crippen LogP contribution in [0.3, 0.4) is 0 Å². The predicted octanol–water partition coefficient (Wildman–Crippen LogP) is 4.34. The second-order valence-corrected chi connectivity index (χ2v) is 11.7. The number of aromatic nitrogens is 3. The van der Waals surface area contributed by atoms with Crippen LogP contribution in [0.1, 0.15) is 42.8 Å². The van der Waals surface area contributed by atoms with Gasteiger partial charge in [-0.3, -0.25) is 14.0 Å². The summed E-state index contributed by atoms with van der Waals surface area (Å²) in [6.07, 6.45) is 4.66. The number of hydrogen-bond donors (Lipinski definition) is 1. The van der Waals surface area contributed by atoms with Crippen molar-refractivity contribution in [1.29, 1.82) is 0 Å². The number of nitrogens with zero attached hydrogens (tertiary/aromatic N) is 4. The number of nitrogens with one attached hydrogen (secondary N) is 1. The maximum atomic E-state index is 13.7. The van der Waals surface area contributed by atoms with Crippen LogP contribution in [0.15, 0.2) is 36.7 Å². The number of imidazole rings is 1. The molecule has 9 heteroatoms. The first-order valence-corrected chi connectivity index (χ1v) is 13.1. The Balaban J connectivity index is 1.23. The predicted molar refractivity (Wildman–Crippen MR) is 134 cm³/mol. The molecule has 174 valence electrons. The number of likely N-dealkylation sites (tertiary alicyclic amines) is 1. The van der Waals surface area contributed by atoms with Crippen LogP contribution in [0.2, 0.25) is 0 Å². The van der Waals surface area contributed by atoms with Gasteiger partial charge in [-0.15, -0.1) is 22.7 Å².